The minimum atomic E-state index is -0.363. The lowest BCUT2D eigenvalue weighted by atomic mass is 10.2. The van der Waals surface area contributed by atoms with Crippen LogP contribution in [0.15, 0.2) is 82.4 Å². The van der Waals surface area contributed by atoms with Crippen LogP contribution in [0.4, 0.5) is 0 Å². The molecule has 0 saturated carbocycles. The van der Waals surface area contributed by atoms with Gasteiger partial charge in [-0.3, -0.25) is 4.79 Å². The van der Waals surface area contributed by atoms with Crippen molar-refractivity contribution in [2.45, 2.75) is 6.61 Å². The molecule has 0 aliphatic heterocycles. The van der Waals surface area contributed by atoms with Crippen LogP contribution in [0.5, 0.6) is 11.5 Å². The van der Waals surface area contributed by atoms with E-state index in [4.69, 9.17) is 21.1 Å². The van der Waals surface area contributed by atoms with E-state index < -0.39 is 0 Å². The molecule has 0 atom stereocenters. The molecular weight excluding hydrogens is 456 g/mol. The second-order valence-electron chi connectivity index (χ2n) is 6.03. The van der Waals surface area contributed by atoms with Crippen molar-refractivity contribution in [3.05, 3.63) is 93.4 Å². The molecule has 0 fully saturated rings. The van der Waals surface area contributed by atoms with Gasteiger partial charge in [-0.05, 0) is 59.7 Å². The molecule has 148 valence electrons. The van der Waals surface area contributed by atoms with Crippen LogP contribution in [0.3, 0.4) is 0 Å². The number of rotatable bonds is 8. The number of carbonyl (C=O) groups is 1. The Balaban J connectivity index is 1.46. The highest BCUT2D eigenvalue weighted by molar-refractivity contribution is 9.10. The van der Waals surface area contributed by atoms with Crippen molar-refractivity contribution in [3.63, 3.8) is 0 Å². The topological polar surface area (TPSA) is 59.9 Å². The number of ether oxygens (including phenoxy) is 2. The van der Waals surface area contributed by atoms with Gasteiger partial charge >= 0.3 is 0 Å². The quantitative estimate of drug-likeness (QED) is 0.361. The lowest BCUT2D eigenvalue weighted by Crippen LogP contribution is -2.24. The maximum atomic E-state index is 11.8. The minimum Gasteiger partial charge on any atom is -0.489 e. The van der Waals surface area contributed by atoms with Gasteiger partial charge in [-0.25, -0.2) is 5.43 Å². The lowest BCUT2D eigenvalue weighted by molar-refractivity contribution is -0.123. The van der Waals surface area contributed by atoms with Crippen LogP contribution in [0.25, 0.3) is 0 Å². The monoisotopic (exact) mass is 472 g/mol. The molecule has 0 saturated heterocycles. The summed E-state index contributed by atoms with van der Waals surface area (Å²) in [5, 5.41) is 4.56. The average molecular weight is 474 g/mol. The Morgan fingerprint density at radius 3 is 2.59 bits per heavy atom. The molecule has 0 heterocycles. The Morgan fingerprint density at radius 1 is 1.00 bits per heavy atom. The van der Waals surface area contributed by atoms with E-state index in [9.17, 15) is 4.79 Å². The molecule has 5 nitrogen and oxygen atoms in total. The van der Waals surface area contributed by atoms with Crippen LogP contribution >= 0.6 is 27.5 Å². The van der Waals surface area contributed by atoms with Crippen LogP contribution in [0, 0.1) is 0 Å². The molecular formula is C22H18BrClN2O3. The van der Waals surface area contributed by atoms with E-state index in [1.807, 2.05) is 48.5 Å². The van der Waals surface area contributed by atoms with Gasteiger partial charge in [-0.15, -0.1) is 0 Å². The number of amides is 1. The van der Waals surface area contributed by atoms with Gasteiger partial charge in [0.1, 0.15) is 18.1 Å². The van der Waals surface area contributed by atoms with Crippen LogP contribution in [0.2, 0.25) is 5.02 Å². The molecule has 7 heteroatoms. The lowest BCUT2D eigenvalue weighted by Gasteiger charge is -2.07. The summed E-state index contributed by atoms with van der Waals surface area (Å²) < 4.78 is 12.2. The van der Waals surface area contributed by atoms with Gasteiger partial charge in [0, 0.05) is 9.50 Å². The molecule has 0 aliphatic carbocycles. The Bertz CT molecular complexity index is 993. The zero-order chi connectivity index (χ0) is 20.5. The molecule has 3 rings (SSSR count). The summed E-state index contributed by atoms with van der Waals surface area (Å²) in [5.41, 5.74) is 4.29. The molecule has 0 aliphatic rings. The zero-order valence-electron chi connectivity index (χ0n) is 15.3. The molecule has 0 spiro atoms. The van der Waals surface area contributed by atoms with Crippen molar-refractivity contribution < 1.29 is 14.3 Å². The standard InChI is InChI=1S/C22H18BrClN2O3/c23-18-5-1-4-17(11-18)14-28-21-6-2-3-16(12-21)13-25-26-22(27)15-29-20-9-7-19(24)8-10-20/h1-13H,14-15H2,(H,26,27). The van der Waals surface area contributed by atoms with E-state index in [-0.39, 0.29) is 12.5 Å². The van der Waals surface area contributed by atoms with E-state index in [1.165, 1.54) is 0 Å². The van der Waals surface area contributed by atoms with E-state index in [1.54, 1.807) is 30.5 Å². The van der Waals surface area contributed by atoms with Gasteiger partial charge in [-0.1, -0.05) is 51.8 Å². The molecule has 1 amide bonds. The molecule has 29 heavy (non-hydrogen) atoms. The Morgan fingerprint density at radius 2 is 1.79 bits per heavy atom. The normalized spacial score (nSPS) is 10.7. The van der Waals surface area contributed by atoms with Gasteiger partial charge in [0.15, 0.2) is 6.61 Å². The van der Waals surface area contributed by atoms with Crippen molar-refractivity contribution in [2.75, 3.05) is 6.61 Å². The van der Waals surface area contributed by atoms with Crippen LogP contribution in [-0.4, -0.2) is 18.7 Å². The summed E-state index contributed by atoms with van der Waals surface area (Å²) >= 11 is 9.25. The van der Waals surface area contributed by atoms with Gasteiger partial charge in [0.25, 0.3) is 5.91 Å². The molecule has 3 aromatic rings. The summed E-state index contributed by atoms with van der Waals surface area (Å²) in [7, 11) is 0. The summed E-state index contributed by atoms with van der Waals surface area (Å²) in [4.78, 5) is 11.8. The minimum absolute atomic E-state index is 0.144. The van der Waals surface area contributed by atoms with Crippen molar-refractivity contribution in [1.29, 1.82) is 0 Å². The van der Waals surface area contributed by atoms with Crippen molar-refractivity contribution in [3.8, 4) is 11.5 Å². The van der Waals surface area contributed by atoms with E-state index >= 15 is 0 Å². The largest absolute Gasteiger partial charge is 0.489 e. The molecule has 0 radical (unpaired) electrons. The van der Waals surface area contributed by atoms with Gasteiger partial charge in [-0.2, -0.15) is 5.10 Å². The smallest absolute Gasteiger partial charge is 0.277 e. The predicted octanol–water partition coefficient (Wildman–Crippen LogP) is 5.21. The van der Waals surface area contributed by atoms with Crippen molar-refractivity contribution in [1.82, 2.24) is 5.43 Å². The Kier molecular flexibility index (Phi) is 7.67. The first-order valence-electron chi connectivity index (χ1n) is 8.76. The number of nitrogens with zero attached hydrogens (tertiary/aromatic N) is 1. The summed E-state index contributed by atoms with van der Waals surface area (Å²) in [6.07, 6.45) is 1.55. The maximum absolute atomic E-state index is 11.8. The number of hydrazone groups is 1. The Labute approximate surface area is 182 Å². The van der Waals surface area contributed by atoms with E-state index in [0.29, 0.717) is 23.1 Å². The first kappa shape index (κ1) is 20.9. The highest BCUT2D eigenvalue weighted by atomic mass is 79.9. The Hall–Kier alpha value is -2.83. The first-order valence-corrected chi connectivity index (χ1v) is 9.93. The third-order valence-corrected chi connectivity index (χ3v) is 4.48. The molecule has 1 N–H and O–H groups in total. The third kappa shape index (κ3) is 7.25. The number of nitrogens with one attached hydrogen (secondary N) is 1. The maximum Gasteiger partial charge on any atom is 0.277 e. The molecule has 0 bridgehead atoms. The number of halogens is 2. The fourth-order valence-corrected chi connectivity index (χ4v) is 2.94. The number of hydrogen-bond donors (Lipinski definition) is 1. The van der Waals surface area contributed by atoms with Crippen LogP contribution in [0.1, 0.15) is 11.1 Å². The highest BCUT2D eigenvalue weighted by Gasteiger charge is 2.02. The fourth-order valence-electron chi connectivity index (χ4n) is 2.37. The predicted molar refractivity (Wildman–Crippen MR) is 118 cm³/mol. The van der Waals surface area contributed by atoms with Crippen molar-refractivity contribution >= 4 is 39.7 Å². The highest BCUT2D eigenvalue weighted by Crippen LogP contribution is 2.17. The average Bonchev–Trinajstić information content (AvgIpc) is 2.72. The molecule has 3 aromatic carbocycles. The molecule has 0 unspecified atom stereocenters. The third-order valence-electron chi connectivity index (χ3n) is 3.74. The zero-order valence-corrected chi connectivity index (χ0v) is 17.7. The van der Waals surface area contributed by atoms with Crippen LogP contribution in [-0.2, 0) is 11.4 Å². The number of benzene rings is 3. The SMILES string of the molecule is O=C(COc1ccc(Cl)cc1)NN=Cc1cccc(OCc2cccc(Br)c2)c1. The summed E-state index contributed by atoms with van der Waals surface area (Å²) in [6.45, 7) is 0.313. The first-order chi connectivity index (χ1) is 14.1. The van der Waals surface area contributed by atoms with Crippen molar-refractivity contribution in [2.24, 2.45) is 5.10 Å². The van der Waals surface area contributed by atoms with E-state index in [2.05, 4.69) is 26.5 Å². The van der Waals surface area contributed by atoms with Gasteiger partial charge < -0.3 is 9.47 Å². The van der Waals surface area contributed by atoms with E-state index in [0.717, 1.165) is 15.6 Å². The second-order valence-corrected chi connectivity index (χ2v) is 7.38. The summed E-state index contributed by atoms with van der Waals surface area (Å²) in [5.74, 6) is 0.911. The van der Waals surface area contributed by atoms with Crippen LogP contribution < -0.4 is 14.9 Å². The van der Waals surface area contributed by atoms with Gasteiger partial charge in [0.2, 0.25) is 0 Å². The fraction of sp³-hybridized carbons (Fsp3) is 0.0909. The summed E-state index contributed by atoms with van der Waals surface area (Å²) in [6, 6.07) is 22.2. The number of hydrogen-bond acceptors (Lipinski definition) is 4. The molecule has 0 aromatic heterocycles. The second kappa shape index (κ2) is 10.6. The number of carbonyl (C=O) groups excluding carboxylic acids is 1. The van der Waals surface area contributed by atoms with Gasteiger partial charge in [0.05, 0.1) is 6.21 Å².